The number of nitrogens with zero attached hydrogens (tertiary/aromatic N) is 1. The Balaban J connectivity index is 1.69. The molecule has 1 N–H and O–H groups in total. The summed E-state index contributed by atoms with van der Waals surface area (Å²) in [6.45, 7) is 0.299. The van der Waals surface area contributed by atoms with Crippen molar-refractivity contribution in [3.8, 4) is 29.1 Å². The Morgan fingerprint density at radius 3 is 2.14 bits per heavy atom. The molecule has 0 fully saturated rings. The number of amides is 1. The van der Waals surface area contributed by atoms with Crippen LogP contribution in [-0.2, 0) is 16.1 Å². The summed E-state index contributed by atoms with van der Waals surface area (Å²) in [7, 11) is 4.50. The fourth-order valence-corrected chi connectivity index (χ4v) is 3.31. The van der Waals surface area contributed by atoms with Gasteiger partial charge in [0.1, 0.15) is 11.6 Å². The van der Waals surface area contributed by atoms with Crippen molar-refractivity contribution in [2.45, 2.75) is 6.54 Å². The van der Waals surface area contributed by atoms with E-state index in [-0.39, 0.29) is 17.1 Å². The number of carbonyl (C=O) groups is 2. The lowest BCUT2D eigenvalue weighted by Gasteiger charge is -2.09. The Kier molecular flexibility index (Phi) is 9.45. The summed E-state index contributed by atoms with van der Waals surface area (Å²) in [5.41, 5.74) is 2.10. The highest BCUT2D eigenvalue weighted by atomic mass is 16.6. The Morgan fingerprint density at radius 2 is 1.46 bits per heavy atom. The van der Waals surface area contributed by atoms with Crippen molar-refractivity contribution in [1.82, 2.24) is 5.32 Å². The van der Waals surface area contributed by atoms with Gasteiger partial charge in [0.25, 0.3) is 5.91 Å². The highest BCUT2D eigenvalue weighted by molar-refractivity contribution is 6.01. The van der Waals surface area contributed by atoms with Crippen LogP contribution in [0, 0.1) is 11.3 Å². The Bertz CT molecular complexity index is 1360. The van der Waals surface area contributed by atoms with Gasteiger partial charge in [0.05, 0.1) is 21.3 Å². The molecular formula is C29H26N2O6. The maximum absolute atomic E-state index is 12.5. The average molecular weight is 499 g/mol. The summed E-state index contributed by atoms with van der Waals surface area (Å²) in [5, 5.41) is 12.2. The van der Waals surface area contributed by atoms with Crippen molar-refractivity contribution in [1.29, 1.82) is 5.26 Å². The van der Waals surface area contributed by atoms with Gasteiger partial charge < -0.3 is 24.3 Å². The minimum atomic E-state index is -0.616. The smallest absolute Gasteiger partial charge is 0.336 e. The normalized spacial score (nSPS) is 10.9. The number of esters is 1. The number of benzene rings is 3. The van der Waals surface area contributed by atoms with Gasteiger partial charge in [0.2, 0.25) is 0 Å². The molecule has 0 aliphatic rings. The van der Waals surface area contributed by atoms with Gasteiger partial charge in [-0.25, -0.2) is 4.79 Å². The quantitative estimate of drug-likeness (QED) is 0.189. The lowest BCUT2D eigenvalue weighted by molar-refractivity contribution is -0.129. The highest BCUT2D eigenvalue weighted by Crippen LogP contribution is 2.30. The number of carbonyl (C=O) groups excluding carboxylic acids is 2. The van der Waals surface area contributed by atoms with E-state index in [0.717, 1.165) is 11.1 Å². The molecule has 8 heteroatoms. The third-order valence-corrected chi connectivity index (χ3v) is 5.19. The first-order valence-corrected chi connectivity index (χ1v) is 11.2. The molecule has 1 amide bonds. The first-order valence-electron chi connectivity index (χ1n) is 11.2. The number of hydrogen-bond acceptors (Lipinski definition) is 7. The van der Waals surface area contributed by atoms with Crippen molar-refractivity contribution < 1.29 is 28.5 Å². The van der Waals surface area contributed by atoms with Crippen LogP contribution >= 0.6 is 0 Å². The SMILES string of the molecule is COc1ccc(/C=C/C(=O)Oc2ccc(/C=C(\C#N)C(=O)NCc3ccccc3)cc2OC)cc1OC. The number of nitrogens with one attached hydrogen (secondary N) is 1. The minimum absolute atomic E-state index is 0.0689. The summed E-state index contributed by atoms with van der Waals surface area (Å²) in [5.74, 6) is 0.455. The van der Waals surface area contributed by atoms with E-state index in [0.29, 0.717) is 23.6 Å². The van der Waals surface area contributed by atoms with Crippen molar-refractivity contribution >= 4 is 24.0 Å². The molecule has 0 atom stereocenters. The van der Waals surface area contributed by atoms with Crippen molar-refractivity contribution in [2.24, 2.45) is 0 Å². The molecule has 0 saturated heterocycles. The van der Waals surface area contributed by atoms with E-state index < -0.39 is 11.9 Å². The second-order valence-corrected chi connectivity index (χ2v) is 7.62. The summed E-state index contributed by atoms with van der Waals surface area (Å²) in [6.07, 6.45) is 4.30. The second-order valence-electron chi connectivity index (χ2n) is 7.62. The van der Waals surface area contributed by atoms with E-state index in [4.69, 9.17) is 18.9 Å². The zero-order valence-corrected chi connectivity index (χ0v) is 20.7. The summed E-state index contributed by atoms with van der Waals surface area (Å²) in [6, 6.07) is 21.3. The average Bonchev–Trinajstić information content (AvgIpc) is 2.94. The zero-order valence-electron chi connectivity index (χ0n) is 20.7. The van der Waals surface area contributed by atoms with Crippen molar-refractivity contribution in [3.05, 3.63) is 95.1 Å². The molecule has 3 aromatic rings. The molecule has 0 spiro atoms. The molecule has 3 rings (SSSR count). The van der Waals surface area contributed by atoms with E-state index in [9.17, 15) is 14.9 Å². The summed E-state index contributed by atoms with van der Waals surface area (Å²) in [4.78, 5) is 24.8. The predicted octanol–water partition coefficient (Wildman–Crippen LogP) is 4.55. The van der Waals surface area contributed by atoms with Crippen LogP contribution in [0.2, 0.25) is 0 Å². The molecule has 3 aromatic carbocycles. The van der Waals surface area contributed by atoms with Gasteiger partial charge in [0.15, 0.2) is 23.0 Å². The molecule has 37 heavy (non-hydrogen) atoms. The molecule has 0 radical (unpaired) electrons. The maximum atomic E-state index is 12.5. The molecule has 8 nitrogen and oxygen atoms in total. The van der Waals surface area contributed by atoms with Gasteiger partial charge >= 0.3 is 5.97 Å². The number of ether oxygens (including phenoxy) is 4. The van der Waals surface area contributed by atoms with Crippen LogP contribution in [0.15, 0.2) is 78.4 Å². The Labute approximate surface area is 215 Å². The van der Waals surface area contributed by atoms with Crippen LogP contribution in [0.3, 0.4) is 0 Å². The second kappa shape index (κ2) is 13.2. The molecule has 0 unspecified atom stereocenters. The van der Waals surface area contributed by atoms with Gasteiger partial charge in [-0.1, -0.05) is 42.5 Å². The molecule has 0 aromatic heterocycles. The van der Waals surface area contributed by atoms with E-state index in [2.05, 4.69) is 5.32 Å². The van der Waals surface area contributed by atoms with E-state index in [1.54, 1.807) is 43.5 Å². The standard InChI is InChI=1S/C29H26N2O6/c1-34-24-12-9-20(16-26(24)35-2)11-14-28(32)37-25-13-10-22(17-27(25)36-3)15-23(18-30)29(33)31-19-21-7-5-4-6-8-21/h4-17H,19H2,1-3H3,(H,31,33)/b14-11+,23-15+. The van der Waals surface area contributed by atoms with Gasteiger partial charge in [0, 0.05) is 12.6 Å². The fraction of sp³-hybridized carbons (Fsp3) is 0.138. The topological polar surface area (TPSA) is 107 Å². The van der Waals surface area contributed by atoms with Crippen LogP contribution in [-0.4, -0.2) is 33.2 Å². The zero-order chi connectivity index (χ0) is 26.6. The first-order chi connectivity index (χ1) is 18.0. The van der Waals surface area contributed by atoms with Crippen LogP contribution in [0.5, 0.6) is 23.0 Å². The number of hydrogen-bond donors (Lipinski definition) is 1. The van der Waals surface area contributed by atoms with Gasteiger partial charge in [-0.3, -0.25) is 4.79 Å². The molecule has 0 heterocycles. The van der Waals surface area contributed by atoms with E-state index in [1.165, 1.54) is 32.4 Å². The van der Waals surface area contributed by atoms with E-state index in [1.807, 2.05) is 36.4 Å². The Morgan fingerprint density at radius 1 is 0.838 bits per heavy atom. The maximum Gasteiger partial charge on any atom is 0.336 e. The largest absolute Gasteiger partial charge is 0.493 e. The van der Waals surface area contributed by atoms with E-state index >= 15 is 0 Å². The number of nitriles is 1. The molecule has 0 bridgehead atoms. The molecule has 0 aliphatic carbocycles. The van der Waals surface area contributed by atoms with Crippen molar-refractivity contribution in [3.63, 3.8) is 0 Å². The first kappa shape index (κ1) is 26.6. The van der Waals surface area contributed by atoms with Crippen LogP contribution in [0.4, 0.5) is 0 Å². The van der Waals surface area contributed by atoms with Gasteiger partial charge in [-0.2, -0.15) is 5.26 Å². The van der Waals surface area contributed by atoms with Crippen LogP contribution in [0.1, 0.15) is 16.7 Å². The third-order valence-electron chi connectivity index (χ3n) is 5.19. The molecular weight excluding hydrogens is 472 g/mol. The molecule has 0 saturated carbocycles. The lowest BCUT2D eigenvalue weighted by Crippen LogP contribution is -2.23. The Hall–Kier alpha value is -5.03. The minimum Gasteiger partial charge on any atom is -0.493 e. The monoisotopic (exact) mass is 498 g/mol. The lowest BCUT2D eigenvalue weighted by atomic mass is 10.1. The van der Waals surface area contributed by atoms with Crippen LogP contribution in [0.25, 0.3) is 12.2 Å². The summed E-state index contributed by atoms with van der Waals surface area (Å²) < 4.78 is 21.2. The molecule has 188 valence electrons. The van der Waals surface area contributed by atoms with Gasteiger partial charge in [-0.15, -0.1) is 0 Å². The fourth-order valence-electron chi connectivity index (χ4n) is 3.31. The molecule has 0 aliphatic heterocycles. The van der Waals surface area contributed by atoms with Gasteiger partial charge in [-0.05, 0) is 53.1 Å². The van der Waals surface area contributed by atoms with Crippen LogP contribution < -0.4 is 24.3 Å². The highest BCUT2D eigenvalue weighted by Gasteiger charge is 2.12. The predicted molar refractivity (Wildman–Crippen MR) is 139 cm³/mol. The number of rotatable bonds is 10. The van der Waals surface area contributed by atoms with Crippen molar-refractivity contribution in [2.75, 3.05) is 21.3 Å². The number of methoxy groups -OCH3 is 3. The third kappa shape index (κ3) is 7.47. The summed E-state index contributed by atoms with van der Waals surface area (Å²) >= 11 is 0.